The molecule has 1 unspecified atom stereocenters. The Balaban J connectivity index is 2.22. The molecule has 1 aromatic carbocycles. The van der Waals surface area contributed by atoms with Gasteiger partial charge in [0.1, 0.15) is 12.4 Å². The van der Waals surface area contributed by atoms with E-state index in [0.717, 1.165) is 17.0 Å². The molecule has 0 saturated carbocycles. The highest BCUT2D eigenvalue weighted by Gasteiger charge is 2.27. The minimum Gasteiger partial charge on any atom is -0.481 e. The lowest BCUT2D eigenvalue weighted by Crippen LogP contribution is -2.38. The van der Waals surface area contributed by atoms with Crippen LogP contribution in [0.15, 0.2) is 30.3 Å². The first kappa shape index (κ1) is 14.7. The molecule has 1 aliphatic rings. The summed E-state index contributed by atoms with van der Waals surface area (Å²) in [4.78, 5) is 13.8. The van der Waals surface area contributed by atoms with Gasteiger partial charge in [-0.1, -0.05) is 27.9 Å². The zero-order chi connectivity index (χ0) is 14.5. The summed E-state index contributed by atoms with van der Waals surface area (Å²) in [6.07, 6.45) is 7.95. The molecular formula is C16H16BrNO2. The average Bonchev–Trinajstić information content (AvgIpc) is 2.48. The van der Waals surface area contributed by atoms with Crippen molar-refractivity contribution in [1.29, 1.82) is 0 Å². The van der Waals surface area contributed by atoms with E-state index in [1.807, 2.05) is 31.2 Å². The van der Waals surface area contributed by atoms with Crippen LogP contribution in [0, 0.1) is 12.3 Å². The van der Waals surface area contributed by atoms with Crippen LogP contribution in [0.3, 0.4) is 0 Å². The Kier molecular flexibility index (Phi) is 4.86. The Morgan fingerprint density at radius 3 is 2.75 bits per heavy atom. The summed E-state index contributed by atoms with van der Waals surface area (Å²) in [5.41, 5.74) is 1.96. The summed E-state index contributed by atoms with van der Waals surface area (Å²) in [7, 11) is 0. The number of amides is 1. The van der Waals surface area contributed by atoms with Crippen molar-refractivity contribution < 1.29 is 9.53 Å². The van der Waals surface area contributed by atoms with Gasteiger partial charge in [-0.2, -0.15) is 0 Å². The molecule has 1 aliphatic heterocycles. The third-order valence-corrected chi connectivity index (χ3v) is 3.90. The number of allylic oxidation sites excluding steroid dienone is 1. The maximum Gasteiger partial charge on any atom is 0.241 e. The minimum atomic E-state index is -0.121. The van der Waals surface area contributed by atoms with Crippen molar-refractivity contribution in [1.82, 2.24) is 4.90 Å². The highest BCUT2D eigenvalue weighted by atomic mass is 79.9. The number of carbonyl (C=O) groups excluding carboxylic acids is 1. The molecule has 0 aromatic heterocycles. The number of hydrogen-bond acceptors (Lipinski definition) is 2. The van der Waals surface area contributed by atoms with Crippen LogP contribution in [0.5, 0.6) is 5.75 Å². The lowest BCUT2D eigenvalue weighted by Gasteiger charge is -2.30. The van der Waals surface area contributed by atoms with E-state index in [0.29, 0.717) is 13.0 Å². The summed E-state index contributed by atoms with van der Waals surface area (Å²) in [5, 5.41) is 0. The third kappa shape index (κ3) is 3.05. The van der Waals surface area contributed by atoms with E-state index in [2.05, 4.69) is 27.9 Å². The number of hydrogen-bond donors (Lipinski definition) is 0. The quantitative estimate of drug-likeness (QED) is 0.626. The summed E-state index contributed by atoms with van der Waals surface area (Å²) in [6.45, 7) is 2.89. The molecule has 0 N–H and O–H groups in total. The van der Waals surface area contributed by atoms with E-state index in [-0.39, 0.29) is 17.3 Å². The first-order valence-corrected chi connectivity index (χ1v) is 7.41. The predicted octanol–water partition coefficient (Wildman–Crippen LogP) is 3.06. The van der Waals surface area contributed by atoms with Crippen LogP contribution in [-0.4, -0.2) is 28.8 Å². The van der Waals surface area contributed by atoms with Crippen molar-refractivity contribution in [3.8, 4) is 18.1 Å². The summed E-state index contributed by atoms with van der Waals surface area (Å²) >= 11 is 3.40. The molecule has 0 bridgehead atoms. The van der Waals surface area contributed by atoms with Crippen LogP contribution in [-0.2, 0) is 4.79 Å². The molecule has 1 amide bonds. The monoisotopic (exact) mass is 333 g/mol. The second kappa shape index (κ2) is 6.62. The largest absolute Gasteiger partial charge is 0.481 e. The molecule has 2 rings (SSSR count). The summed E-state index contributed by atoms with van der Waals surface area (Å²) < 4.78 is 5.35. The van der Waals surface area contributed by atoms with Crippen molar-refractivity contribution in [2.45, 2.75) is 18.2 Å². The van der Waals surface area contributed by atoms with Crippen LogP contribution in [0.4, 0.5) is 0 Å². The minimum absolute atomic E-state index is 0.109. The Hall–Kier alpha value is -1.73. The van der Waals surface area contributed by atoms with Crippen molar-refractivity contribution in [3.05, 3.63) is 35.9 Å². The van der Waals surface area contributed by atoms with Gasteiger partial charge in [0.25, 0.3) is 0 Å². The van der Waals surface area contributed by atoms with Crippen molar-refractivity contribution >= 4 is 27.5 Å². The number of nitrogens with zero attached hydrogens (tertiary/aromatic N) is 1. The maximum atomic E-state index is 12.1. The lowest BCUT2D eigenvalue weighted by atomic mass is 10.0. The Bertz CT molecular complexity index is 557. The van der Waals surface area contributed by atoms with E-state index in [4.69, 9.17) is 11.2 Å². The number of ether oxygens (including phenoxy) is 1. The van der Waals surface area contributed by atoms with Crippen LogP contribution >= 0.6 is 15.9 Å². The van der Waals surface area contributed by atoms with E-state index >= 15 is 0 Å². The number of carbonyl (C=O) groups is 1. The van der Waals surface area contributed by atoms with Crippen molar-refractivity contribution in [2.75, 3.05) is 13.2 Å². The van der Waals surface area contributed by atoms with Gasteiger partial charge in [0.15, 0.2) is 0 Å². The molecule has 1 heterocycles. The fourth-order valence-electron chi connectivity index (χ4n) is 2.16. The zero-order valence-electron chi connectivity index (χ0n) is 11.3. The molecule has 1 aromatic rings. The van der Waals surface area contributed by atoms with Gasteiger partial charge >= 0.3 is 0 Å². The maximum absolute atomic E-state index is 12.1. The number of benzene rings is 1. The van der Waals surface area contributed by atoms with Crippen molar-refractivity contribution in [3.63, 3.8) is 0 Å². The number of terminal acetylenes is 1. The van der Waals surface area contributed by atoms with E-state index in [1.165, 1.54) is 0 Å². The van der Waals surface area contributed by atoms with Gasteiger partial charge in [0.2, 0.25) is 5.91 Å². The summed E-state index contributed by atoms with van der Waals surface area (Å²) in [5.74, 6) is 3.27. The van der Waals surface area contributed by atoms with Crippen LogP contribution in [0.25, 0.3) is 5.70 Å². The van der Waals surface area contributed by atoms with Crippen LogP contribution < -0.4 is 4.74 Å². The molecule has 0 spiro atoms. The lowest BCUT2D eigenvalue weighted by molar-refractivity contribution is -0.127. The molecule has 0 saturated heterocycles. The molecule has 4 heteroatoms. The highest BCUT2D eigenvalue weighted by molar-refractivity contribution is 9.10. The molecule has 3 nitrogen and oxygen atoms in total. The normalized spacial score (nSPS) is 18.4. The first-order chi connectivity index (χ1) is 9.67. The smallest absolute Gasteiger partial charge is 0.241 e. The van der Waals surface area contributed by atoms with Gasteiger partial charge in [0.05, 0.1) is 4.83 Å². The van der Waals surface area contributed by atoms with Gasteiger partial charge in [-0.3, -0.25) is 4.79 Å². The van der Waals surface area contributed by atoms with Gasteiger partial charge in [-0.05, 0) is 43.2 Å². The van der Waals surface area contributed by atoms with Crippen LogP contribution in [0.1, 0.15) is 18.9 Å². The molecular weight excluding hydrogens is 318 g/mol. The zero-order valence-corrected chi connectivity index (χ0v) is 12.9. The van der Waals surface area contributed by atoms with Gasteiger partial charge in [-0.15, -0.1) is 6.42 Å². The fraction of sp³-hybridized carbons (Fsp3) is 0.312. The molecule has 104 valence electrons. The van der Waals surface area contributed by atoms with Gasteiger partial charge < -0.3 is 9.64 Å². The first-order valence-electron chi connectivity index (χ1n) is 6.49. The van der Waals surface area contributed by atoms with Gasteiger partial charge in [-0.25, -0.2) is 0 Å². The van der Waals surface area contributed by atoms with Crippen molar-refractivity contribution in [2.24, 2.45) is 0 Å². The SMILES string of the molecule is C#CCOc1ccc(C2=CCC(Br)C(=O)N2CC)cc1. The fourth-order valence-corrected chi connectivity index (χ4v) is 2.59. The summed E-state index contributed by atoms with van der Waals surface area (Å²) in [6, 6.07) is 7.63. The topological polar surface area (TPSA) is 29.5 Å². The van der Waals surface area contributed by atoms with E-state index in [9.17, 15) is 4.79 Å². The predicted molar refractivity (Wildman–Crippen MR) is 83.5 cm³/mol. The Labute approximate surface area is 127 Å². The highest BCUT2D eigenvalue weighted by Crippen LogP contribution is 2.29. The number of alkyl halides is 1. The molecule has 1 atom stereocenters. The molecule has 0 aliphatic carbocycles. The number of halogens is 1. The second-order valence-corrected chi connectivity index (χ2v) is 5.50. The van der Waals surface area contributed by atoms with Gasteiger partial charge in [0, 0.05) is 12.2 Å². The van der Waals surface area contributed by atoms with E-state index in [1.54, 1.807) is 4.90 Å². The second-order valence-electron chi connectivity index (χ2n) is 4.39. The Morgan fingerprint density at radius 1 is 1.45 bits per heavy atom. The molecule has 0 fully saturated rings. The van der Waals surface area contributed by atoms with E-state index < -0.39 is 0 Å². The number of rotatable bonds is 4. The Morgan fingerprint density at radius 2 is 2.15 bits per heavy atom. The third-order valence-electron chi connectivity index (χ3n) is 3.13. The van der Waals surface area contributed by atoms with Crippen LogP contribution in [0.2, 0.25) is 0 Å². The molecule has 20 heavy (non-hydrogen) atoms. The standard InChI is InChI=1S/C16H16BrNO2/c1-3-11-20-13-7-5-12(6-8-13)15-10-9-14(17)16(19)18(15)4-2/h1,5-8,10,14H,4,9,11H2,2H3. The molecule has 0 radical (unpaired) electrons. The average molecular weight is 334 g/mol.